The molecule has 0 aromatic carbocycles. The molecule has 6 heteroatoms. The highest BCUT2D eigenvalue weighted by Gasteiger charge is 2.13. The maximum atomic E-state index is 13.1. The number of halogens is 2. The van der Waals surface area contributed by atoms with Crippen molar-refractivity contribution in [3.8, 4) is 0 Å². The number of esters is 1. The lowest BCUT2D eigenvalue weighted by Crippen LogP contribution is -2.10. The van der Waals surface area contributed by atoms with Crippen LogP contribution in [-0.4, -0.2) is 22.5 Å². The van der Waals surface area contributed by atoms with Crippen molar-refractivity contribution < 1.29 is 13.9 Å². The average molecular weight is 219 g/mol. The molecule has 14 heavy (non-hydrogen) atoms. The van der Waals surface area contributed by atoms with Gasteiger partial charge in [-0.3, -0.25) is 4.79 Å². The summed E-state index contributed by atoms with van der Waals surface area (Å²) in [6.45, 7) is 1.92. The summed E-state index contributed by atoms with van der Waals surface area (Å²) in [7, 11) is 0. The molecule has 0 saturated heterocycles. The van der Waals surface area contributed by atoms with Crippen LogP contribution in [0.2, 0.25) is 5.15 Å². The Balaban J connectivity index is 2.76. The largest absolute Gasteiger partial charge is 0.466 e. The normalized spacial score (nSPS) is 9.93. The summed E-state index contributed by atoms with van der Waals surface area (Å²) >= 11 is 5.40. The number of nitrogens with zero attached hydrogens (tertiary/aromatic N) is 2. The van der Waals surface area contributed by atoms with Gasteiger partial charge >= 0.3 is 5.97 Å². The van der Waals surface area contributed by atoms with Gasteiger partial charge in [0, 0.05) is 0 Å². The number of carbonyl (C=O) groups is 1. The molecule has 1 heterocycles. The minimum Gasteiger partial charge on any atom is -0.466 e. The SMILES string of the molecule is CCOC(=O)Cc1ncnc(Cl)c1F. The van der Waals surface area contributed by atoms with Crippen molar-refractivity contribution in [1.29, 1.82) is 0 Å². The highest BCUT2D eigenvalue weighted by molar-refractivity contribution is 6.29. The Kier molecular flexibility index (Phi) is 3.76. The molecule has 0 unspecified atom stereocenters. The molecule has 0 aliphatic heterocycles. The van der Waals surface area contributed by atoms with Crippen LogP contribution in [0.3, 0.4) is 0 Å². The summed E-state index contributed by atoms with van der Waals surface area (Å²) in [5, 5.41) is -0.292. The molecular weight excluding hydrogens is 211 g/mol. The fraction of sp³-hybridized carbons (Fsp3) is 0.375. The van der Waals surface area contributed by atoms with E-state index in [1.165, 1.54) is 0 Å². The second-order valence-corrected chi connectivity index (χ2v) is 2.76. The first-order chi connectivity index (χ1) is 6.65. The van der Waals surface area contributed by atoms with E-state index in [-0.39, 0.29) is 23.9 Å². The molecule has 0 radical (unpaired) electrons. The van der Waals surface area contributed by atoms with Gasteiger partial charge in [-0.25, -0.2) is 14.4 Å². The van der Waals surface area contributed by atoms with E-state index >= 15 is 0 Å². The lowest BCUT2D eigenvalue weighted by Gasteiger charge is -2.02. The first kappa shape index (κ1) is 10.8. The van der Waals surface area contributed by atoms with E-state index in [0.29, 0.717) is 0 Å². The minimum absolute atomic E-state index is 0.0524. The van der Waals surface area contributed by atoms with Gasteiger partial charge in [-0.15, -0.1) is 0 Å². The Labute approximate surface area is 85.1 Å². The van der Waals surface area contributed by atoms with E-state index in [0.717, 1.165) is 6.33 Å². The Morgan fingerprint density at radius 1 is 1.64 bits per heavy atom. The van der Waals surface area contributed by atoms with Crippen molar-refractivity contribution in [2.45, 2.75) is 13.3 Å². The zero-order chi connectivity index (χ0) is 10.6. The van der Waals surface area contributed by atoms with E-state index in [9.17, 15) is 9.18 Å². The highest BCUT2D eigenvalue weighted by atomic mass is 35.5. The van der Waals surface area contributed by atoms with Gasteiger partial charge in [-0.05, 0) is 6.92 Å². The third-order valence-corrected chi connectivity index (χ3v) is 1.70. The Morgan fingerprint density at radius 3 is 3.00 bits per heavy atom. The standard InChI is InChI=1S/C8H8ClFN2O2/c1-2-14-6(13)3-5-7(10)8(9)12-4-11-5/h4H,2-3H2,1H3. The second-order valence-electron chi connectivity index (χ2n) is 2.41. The van der Waals surface area contributed by atoms with Crippen molar-refractivity contribution in [2.24, 2.45) is 0 Å². The fourth-order valence-electron chi connectivity index (χ4n) is 0.854. The minimum atomic E-state index is -0.776. The molecule has 0 spiro atoms. The van der Waals surface area contributed by atoms with Crippen LogP contribution in [0.1, 0.15) is 12.6 Å². The molecule has 0 saturated carbocycles. The van der Waals surface area contributed by atoms with Gasteiger partial charge in [-0.2, -0.15) is 0 Å². The zero-order valence-electron chi connectivity index (χ0n) is 7.46. The molecule has 0 fully saturated rings. The first-order valence-corrected chi connectivity index (χ1v) is 4.33. The van der Waals surface area contributed by atoms with Gasteiger partial charge in [0.15, 0.2) is 11.0 Å². The lowest BCUT2D eigenvalue weighted by atomic mass is 10.3. The van der Waals surface area contributed by atoms with Gasteiger partial charge in [0.1, 0.15) is 6.33 Å². The lowest BCUT2D eigenvalue weighted by molar-refractivity contribution is -0.142. The zero-order valence-corrected chi connectivity index (χ0v) is 8.21. The quantitative estimate of drug-likeness (QED) is 0.568. The first-order valence-electron chi connectivity index (χ1n) is 3.95. The van der Waals surface area contributed by atoms with Crippen LogP contribution in [0.25, 0.3) is 0 Å². The van der Waals surface area contributed by atoms with Crippen molar-refractivity contribution in [1.82, 2.24) is 9.97 Å². The molecule has 0 bridgehead atoms. The molecule has 0 N–H and O–H groups in total. The Hall–Kier alpha value is -1.23. The Morgan fingerprint density at radius 2 is 2.36 bits per heavy atom. The summed E-state index contributed by atoms with van der Waals surface area (Å²) in [5.41, 5.74) is -0.0524. The summed E-state index contributed by atoms with van der Waals surface area (Å²) in [5.74, 6) is -1.32. The molecule has 0 aliphatic carbocycles. The van der Waals surface area contributed by atoms with Crippen LogP contribution in [-0.2, 0) is 16.0 Å². The number of rotatable bonds is 3. The van der Waals surface area contributed by atoms with Crippen LogP contribution in [0, 0.1) is 5.82 Å². The molecule has 1 rings (SSSR count). The van der Waals surface area contributed by atoms with Crippen molar-refractivity contribution in [2.75, 3.05) is 6.61 Å². The molecule has 0 atom stereocenters. The van der Waals surface area contributed by atoms with Crippen LogP contribution < -0.4 is 0 Å². The molecule has 1 aromatic heterocycles. The predicted molar refractivity (Wildman–Crippen MR) is 47.3 cm³/mol. The summed E-state index contributed by atoms with van der Waals surface area (Å²) in [4.78, 5) is 18.0. The van der Waals surface area contributed by atoms with Crippen LogP contribution >= 0.6 is 11.6 Å². The summed E-state index contributed by atoms with van der Waals surface area (Å²) in [6, 6.07) is 0. The van der Waals surface area contributed by atoms with Gasteiger partial charge in [0.2, 0.25) is 0 Å². The topological polar surface area (TPSA) is 52.1 Å². The summed E-state index contributed by atoms with van der Waals surface area (Å²) in [6.07, 6.45) is 0.863. The molecule has 0 amide bonds. The van der Waals surface area contributed by atoms with E-state index in [2.05, 4.69) is 14.7 Å². The molecular formula is C8H8ClFN2O2. The third-order valence-electron chi connectivity index (χ3n) is 1.44. The number of ether oxygens (including phenoxy) is 1. The maximum Gasteiger partial charge on any atom is 0.311 e. The van der Waals surface area contributed by atoms with E-state index in [1.807, 2.05) is 0 Å². The molecule has 1 aromatic rings. The monoisotopic (exact) mass is 218 g/mol. The molecule has 0 aliphatic rings. The highest BCUT2D eigenvalue weighted by Crippen LogP contribution is 2.13. The molecule has 76 valence electrons. The van der Waals surface area contributed by atoms with Gasteiger partial charge in [-0.1, -0.05) is 11.6 Å². The Bertz CT molecular complexity index is 346. The third kappa shape index (κ3) is 2.63. The number of carbonyl (C=O) groups excluding carboxylic acids is 1. The smallest absolute Gasteiger partial charge is 0.311 e. The van der Waals surface area contributed by atoms with Gasteiger partial charge in [0.25, 0.3) is 0 Å². The predicted octanol–water partition coefficient (Wildman–Crippen LogP) is 1.37. The van der Waals surface area contributed by atoms with Crippen molar-refractivity contribution in [3.05, 3.63) is 23.0 Å². The fourth-order valence-corrected chi connectivity index (χ4v) is 1.01. The maximum absolute atomic E-state index is 13.1. The van der Waals surface area contributed by atoms with E-state index in [1.54, 1.807) is 6.92 Å². The average Bonchev–Trinajstić information content (AvgIpc) is 2.13. The van der Waals surface area contributed by atoms with Gasteiger partial charge < -0.3 is 4.74 Å². The van der Waals surface area contributed by atoms with Crippen molar-refractivity contribution >= 4 is 17.6 Å². The van der Waals surface area contributed by atoms with Crippen LogP contribution in [0.4, 0.5) is 4.39 Å². The van der Waals surface area contributed by atoms with E-state index < -0.39 is 11.8 Å². The number of hydrogen-bond acceptors (Lipinski definition) is 4. The number of aromatic nitrogens is 2. The summed E-state index contributed by atoms with van der Waals surface area (Å²) < 4.78 is 17.8. The van der Waals surface area contributed by atoms with Gasteiger partial charge in [0.05, 0.1) is 18.7 Å². The molecule has 4 nitrogen and oxygen atoms in total. The van der Waals surface area contributed by atoms with Crippen LogP contribution in [0.15, 0.2) is 6.33 Å². The second kappa shape index (κ2) is 4.85. The van der Waals surface area contributed by atoms with Crippen molar-refractivity contribution in [3.63, 3.8) is 0 Å². The number of hydrogen-bond donors (Lipinski definition) is 0. The van der Waals surface area contributed by atoms with Crippen LogP contribution in [0.5, 0.6) is 0 Å². The van der Waals surface area contributed by atoms with E-state index in [4.69, 9.17) is 11.6 Å².